The van der Waals surface area contributed by atoms with Crippen molar-refractivity contribution >= 4 is 11.9 Å². The molecule has 0 unspecified atom stereocenters. The number of tetrazole rings is 1. The number of aliphatic carboxylic acids is 1. The highest BCUT2D eigenvalue weighted by atomic mass is 16.4. The lowest BCUT2D eigenvalue weighted by Gasteiger charge is -2.25. The van der Waals surface area contributed by atoms with Crippen LogP contribution in [-0.4, -0.2) is 42.7 Å². The summed E-state index contributed by atoms with van der Waals surface area (Å²) in [6.07, 6.45) is 2.12. The topological polar surface area (TPSA) is 110 Å². The van der Waals surface area contributed by atoms with Crippen LogP contribution < -0.4 is 5.32 Å². The van der Waals surface area contributed by atoms with Crippen molar-refractivity contribution in [1.29, 1.82) is 0 Å². The molecule has 0 saturated carbocycles. The highest BCUT2D eigenvalue weighted by Crippen LogP contribution is 2.13. The summed E-state index contributed by atoms with van der Waals surface area (Å²) in [6.45, 7) is 3.63. The molecule has 8 nitrogen and oxygen atoms in total. The van der Waals surface area contributed by atoms with Crippen molar-refractivity contribution in [2.24, 2.45) is 0 Å². The molecule has 0 atom stereocenters. The molecule has 0 aliphatic heterocycles. The summed E-state index contributed by atoms with van der Waals surface area (Å²) in [6, 6.07) is 7.32. The first-order valence-electron chi connectivity index (χ1n) is 7.21. The minimum atomic E-state index is -0.870. The van der Waals surface area contributed by atoms with Crippen molar-refractivity contribution in [3.63, 3.8) is 0 Å². The minimum absolute atomic E-state index is 0.0217. The standard InChI is InChI=1S/C15H19N5O3/c1-15(2,8-7-14(22)23)17-13(21)9-11-3-5-12(6-4-11)20-10-16-18-19-20/h3-6,10H,7-9H2,1-2H3,(H,17,21)(H,22,23). The van der Waals surface area contributed by atoms with E-state index in [0.29, 0.717) is 6.42 Å². The van der Waals surface area contributed by atoms with Crippen molar-refractivity contribution < 1.29 is 14.7 Å². The Balaban J connectivity index is 1.91. The number of nitrogens with one attached hydrogen (secondary N) is 1. The quantitative estimate of drug-likeness (QED) is 0.787. The molecule has 23 heavy (non-hydrogen) atoms. The number of hydrogen-bond donors (Lipinski definition) is 2. The van der Waals surface area contributed by atoms with Crippen molar-refractivity contribution in [1.82, 2.24) is 25.5 Å². The third-order valence-electron chi connectivity index (χ3n) is 3.36. The molecule has 2 rings (SSSR count). The van der Waals surface area contributed by atoms with Gasteiger partial charge in [-0.15, -0.1) is 5.10 Å². The van der Waals surface area contributed by atoms with E-state index in [0.717, 1.165) is 11.3 Å². The molecule has 0 radical (unpaired) electrons. The van der Waals surface area contributed by atoms with Crippen LogP contribution in [0, 0.1) is 0 Å². The van der Waals surface area contributed by atoms with E-state index in [1.54, 1.807) is 0 Å². The van der Waals surface area contributed by atoms with Crippen molar-refractivity contribution in [2.75, 3.05) is 0 Å². The monoisotopic (exact) mass is 317 g/mol. The van der Waals surface area contributed by atoms with E-state index in [-0.39, 0.29) is 18.7 Å². The van der Waals surface area contributed by atoms with Gasteiger partial charge in [0.15, 0.2) is 0 Å². The molecule has 2 aromatic rings. The molecule has 0 aliphatic carbocycles. The smallest absolute Gasteiger partial charge is 0.303 e. The highest BCUT2D eigenvalue weighted by Gasteiger charge is 2.21. The van der Waals surface area contributed by atoms with Gasteiger partial charge in [-0.1, -0.05) is 12.1 Å². The summed E-state index contributed by atoms with van der Waals surface area (Å²) in [4.78, 5) is 22.7. The third kappa shape index (κ3) is 5.17. The van der Waals surface area contributed by atoms with Crippen LogP contribution in [0.15, 0.2) is 30.6 Å². The maximum Gasteiger partial charge on any atom is 0.303 e. The van der Waals surface area contributed by atoms with Crippen LogP contribution in [0.2, 0.25) is 0 Å². The lowest BCUT2D eigenvalue weighted by Crippen LogP contribution is -2.44. The number of carbonyl (C=O) groups excluding carboxylic acids is 1. The van der Waals surface area contributed by atoms with E-state index in [1.165, 1.54) is 11.0 Å². The lowest BCUT2D eigenvalue weighted by atomic mass is 9.98. The van der Waals surface area contributed by atoms with Gasteiger partial charge in [0.2, 0.25) is 5.91 Å². The first-order valence-corrected chi connectivity index (χ1v) is 7.21. The Morgan fingerprint density at radius 3 is 2.52 bits per heavy atom. The van der Waals surface area contributed by atoms with E-state index >= 15 is 0 Å². The van der Waals surface area contributed by atoms with Crippen LogP contribution in [0.4, 0.5) is 0 Å². The largest absolute Gasteiger partial charge is 0.481 e. The van der Waals surface area contributed by atoms with Crippen LogP contribution in [0.1, 0.15) is 32.3 Å². The maximum absolute atomic E-state index is 12.1. The third-order valence-corrected chi connectivity index (χ3v) is 3.36. The SMILES string of the molecule is CC(C)(CCC(=O)O)NC(=O)Cc1ccc(-n2cnnn2)cc1. The van der Waals surface area contributed by atoms with Crippen molar-refractivity contribution in [2.45, 2.75) is 38.6 Å². The molecule has 0 saturated heterocycles. The fourth-order valence-electron chi connectivity index (χ4n) is 2.14. The maximum atomic E-state index is 12.1. The predicted octanol–water partition coefficient (Wildman–Crippen LogP) is 0.964. The Morgan fingerprint density at radius 2 is 1.96 bits per heavy atom. The average molecular weight is 317 g/mol. The second-order valence-corrected chi connectivity index (χ2v) is 5.92. The molecule has 122 valence electrons. The zero-order valence-corrected chi connectivity index (χ0v) is 13.1. The number of amides is 1. The molecule has 2 N–H and O–H groups in total. The van der Waals surface area contributed by atoms with Crippen molar-refractivity contribution in [3.05, 3.63) is 36.2 Å². The first-order chi connectivity index (χ1) is 10.9. The Labute approximate surface area is 133 Å². The zero-order valence-electron chi connectivity index (χ0n) is 13.1. The van der Waals surface area contributed by atoms with Gasteiger partial charge in [-0.05, 0) is 48.4 Å². The number of benzene rings is 1. The summed E-state index contributed by atoms with van der Waals surface area (Å²) in [5, 5.41) is 22.5. The van der Waals surface area contributed by atoms with Crippen LogP contribution in [0.3, 0.4) is 0 Å². The minimum Gasteiger partial charge on any atom is -0.481 e. The summed E-state index contributed by atoms with van der Waals surface area (Å²) in [5.41, 5.74) is 1.11. The Kier molecular flexibility index (Phi) is 5.05. The average Bonchev–Trinajstić information content (AvgIpc) is 2.99. The number of hydrogen-bond acceptors (Lipinski definition) is 5. The van der Waals surface area contributed by atoms with Gasteiger partial charge in [-0.2, -0.15) is 0 Å². The van der Waals surface area contributed by atoms with Gasteiger partial charge in [-0.3, -0.25) is 9.59 Å². The van der Waals surface area contributed by atoms with Crippen LogP contribution in [0.5, 0.6) is 0 Å². The molecule has 0 fully saturated rings. The summed E-state index contributed by atoms with van der Waals surface area (Å²) in [5.74, 6) is -1.01. The van der Waals surface area contributed by atoms with Crippen LogP contribution in [0.25, 0.3) is 5.69 Å². The van der Waals surface area contributed by atoms with Gasteiger partial charge >= 0.3 is 5.97 Å². The Bertz CT molecular complexity index is 665. The molecule has 1 heterocycles. The second-order valence-electron chi connectivity index (χ2n) is 5.92. The van der Waals surface area contributed by atoms with E-state index in [4.69, 9.17) is 5.11 Å². The first kappa shape index (κ1) is 16.6. The molecular weight excluding hydrogens is 298 g/mol. The van der Waals surface area contributed by atoms with Crippen LogP contribution >= 0.6 is 0 Å². The fourth-order valence-corrected chi connectivity index (χ4v) is 2.14. The van der Waals surface area contributed by atoms with E-state index in [2.05, 4.69) is 20.8 Å². The fraction of sp³-hybridized carbons (Fsp3) is 0.400. The number of rotatable bonds is 7. The van der Waals surface area contributed by atoms with Gasteiger partial charge in [0.05, 0.1) is 12.1 Å². The molecule has 8 heteroatoms. The molecule has 1 aromatic heterocycles. The van der Waals surface area contributed by atoms with Gasteiger partial charge in [0.25, 0.3) is 0 Å². The normalized spacial score (nSPS) is 11.2. The van der Waals surface area contributed by atoms with Crippen LogP contribution in [-0.2, 0) is 16.0 Å². The highest BCUT2D eigenvalue weighted by molar-refractivity contribution is 5.79. The Hall–Kier alpha value is -2.77. The Morgan fingerprint density at radius 1 is 1.26 bits per heavy atom. The molecule has 0 bridgehead atoms. The summed E-state index contributed by atoms with van der Waals surface area (Å²) >= 11 is 0. The molecule has 1 amide bonds. The number of nitrogens with zero attached hydrogens (tertiary/aromatic N) is 4. The predicted molar refractivity (Wildman–Crippen MR) is 81.9 cm³/mol. The molecule has 1 aromatic carbocycles. The number of carbonyl (C=O) groups is 2. The van der Waals surface area contributed by atoms with Gasteiger partial charge in [-0.25, -0.2) is 4.68 Å². The van der Waals surface area contributed by atoms with Gasteiger partial charge in [0.1, 0.15) is 6.33 Å². The number of aromatic nitrogens is 4. The molecule has 0 aliphatic rings. The number of carboxylic acid groups (broad SMARTS) is 1. The lowest BCUT2D eigenvalue weighted by molar-refractivity contribution is -0.137. The second kappa shape index (κ2) is 6.99. The van der Waals surface area contributed by atoms with E-state index in [1.807, 2.05) is 38.1 Å². The van der Waals surface area contributed by atoms with Crippen molar-refractivity contribution in [3.8, 4) is 5.69 Å². The van der Waals surface area contributed by atoms with E-state index < -0.39 is 11.5 Å². The molecule has 0 spiro atoms. The summed E-state index contributed by atoms with van der Waals surface area (Å²) < 4.78 is 1.53. The molecular formula is C15H19N5O3. The van der Waals surface area contributed by atoms with Gasteiger partial charge in [0, 0.05) is 12.0 Å². The van der Waals surface area contributed by atoms with Gasteiger partial charge < -0.3 is 10.4 Å². The number of carboxylic acids is 1. The van der Waals surface area contributed by atoms with E-state index in [9.17, 15) is 9.59 Å². The zero-order chi connectivity index (χ0) is 16.9. The summed E-state index contributed by atoms with van der Waals surface area (Å²) in [7, 11) is 0.